The Bertz CT molecular complexity index is 321. The smallest absolute Gasteiger partial charge is 0.0565 e. The summed E-state index contributed by atoms with van der Waals surface area (Å²) in [4.78, 5) is 6.35. The van der Waals surface area contributed by atoms with E-state index < -0.39 is 0 Å². The predicted octanol–water partition coefficient (Wildman–Crippen LogP) is 1.27. The molecule has 1 fully saturated rings. The van der Waals surface area contributed by atoms with E-state index in [9.17, 15) is 0 Å². The summed E-state index contributed by atoms with van der Waals surface area (Å²) in [7, 11) is 0. The van der Waals surface area contributed by atoms with Gasteiger partial charge in [0.1, 0.15) is 0 Å². The highest BCUT2D eigenvalue weighted by Crippen LogP contribution is 2.19. The van der Waals surface area contributed by atoms with Crippen molar-refractivity contribution in [3.63, 3.8) is 0 Å². The maximum absolute atomic E-state index is 5.27. The molecular formula is C10H10N2. The van der Waals surface area contributed by atoms with Crippen molar-refractivity contribution in [2.24, 2.45) is 0 Å². The molecule has 0 bridgehead atoms. The van der Waals surface area contributed by atoms with Crippen LogP contribution in [0.25, 0.3) is 0 Å². The van der Waals surface area contributed by atoms with Gasteiger partial charge in [0, 0.05) is 24.8 Å². The van der Waals surface area contributed by atoms with Crippen LogP contribution in [0.2, 0.25) is 0 Å². The molecule has 0 unspecified atom stereocenters. The van der Waals surface area contributed by atoms with Crippen molar-refractivity contribution in [1.29, 1.82) is 0 Å². The van der Waals surface area contributed by atoms with Crippen LogP contribution in [0.5, 0.6) is 0 Å². The van der Waals surface area contributed by atoms with E-state index in [2.05, 4.69) is 15.8 Å². The van der Waals surface area contributed by atoms with Gasteiger partial charge in [0.25, 0.3) is 0 Å². The summed E-state index contributed by atoms with van der Waals surface area (Å²) < 4.78 is 0. The highest BCUT2D eigenvalue weighted by Gasteiger charge is 2.14. The molecule has 0 N–H and O–H groups in total. The number of pyridine rings is 1. The van der Waals surface area contributed by atoms with Crippen LogP contribution in [0.15, 0.2) is 18.5 Å². The third-order valence-electron chi connectivity index (χ3n) is 2.11. The monoisotopic (exact) mass is 158 g/mol. The van der Waals surface area contributed by atoms with Crippen molar-refractivity contribution in [3.8, 4) is 12.3 Å². The van der Waals surface area contributed by atoms with Gasteiger partial charge in [-0.1, -0.05) is 5.92 Å². The molecule has 0 aromatic carbocycles. The number of terminal acetylenes is 1. The highest BCUT2D eigenvalue weighted by atomic mass is 15.2. The number of anilines is 1. The molecule has 60 valence electrons. The van der Waals surface area contributed by atoms with Gasteiger partial charge >= 0.3 is 0 Å². The Morgan fingerprint density at radius 3 is 2.83 bits per heavy atom. The molecule has 1 aliphatic rings. The number of rotatable bonds is 1. The van der Waals surface area contributed by atoms with Crippen LogP contribution in [0.4, 0.5) is 5.69 Å². The third-order valence-corrected chi connectivity index (χ3v) is 2.11. The molecular weight excluding hydrogens is 148 g/mol. The molecule has 12 heavy (non-hydrogen) atoms. The van der Waals surface area contributed by atoms with Crippen molar-refractivity contribution < 1.29 is 0 Å². The van der Waals surface area contributed by atoms with Crippen molar-refractivity contribution in [2.45, 2.75) is 6.42 Å². The summed E-state index contributed by atoms with van der Waals surface area (Å²) >= 11 is 0. The largest absolute Gasteiger partial charge is 0.370 e. The molecule has 0 radical (unpaired) electrons. The Morgan fingerprint density at radius 1 is 1.42 bits per heavy atom. The van der Waals surface area contributed by atoms with Crippen LogP contribution in [0.3, 0.4) is 0 Å². The summed E-state index contributed by atoms with van der Waals surface area (Å²) in [5, 5.41) is 0. The highest BCUT2D eigenvalue weighted by molar-refractivity contribution is 5.50. The maximum atomic E-state index is 5.27. The summed E-state index contributed by atoms with van der Waals surface area (Å²) in [5.74, 6) is 2.58. The van der Waals surface area contributed by atoms with Crippen LogP contribution >= 0.6 is 0 Å². The fourth-order valence-corrected chi connectivity index (χ4v) is 1.25. The molecule has 0 spiro atoms. The number of hydrogen-bond acceptors (Lipinski definition) is 2. The fourth-order valence-electron chi connectivity index (χ4n) is 1.25. The van der Waals surface area contributed by atoms with Gasteiger partial charge in [0.05, 0.1) is 11.9 Å². The first-order valence-corrected chi connectivity index (χ1v) is 4.07. The molecule has 1 saturated heterocycles. The van der Waals surface area contributed by atoms with Gasteiger partial charge in [-0.3, -0.25) is 4.98 Å². The van der Waals surface area contributed by atoms with Gasteiger partial charge in [-0.05, 0) is 12.5 Å². The van der Waals surface area contributed by atoms with Crippen LogP contribution in [-0.2, 0) is 0 Å². The van der Waals surface area contributed by atoms with Crippen molar-refractivity contribution in [1.82, 2.24) is 4.98 Å². The fraction of sp³-hybridized carbons (Fsp3) is 0.300. The van der Waals surface area contributed by atoms with Crippen molar-refractivity contribution in [3.05, 3.63) is 24.0 Å². The molecule has 0 atom stereocenters. The van der Waals surface area contributed by atoms with Gasteiger partial charge in [0.15, 0.2) is 0 Å². The minimum atomic E-state index is 0.861. The van der Waals surface area contributed by atoms with E-state index in [1.165, 1.54) is 6.42 Å². The lowest BCUT2D eigenvalue weighted by molar-refractivity contribution is 0.616. The summed E-state index contributed by atoms with van der Waals surface area (Å²) in [6.45, 7) is 2.27. The van der Waals surface area contributed by atoms with Gasteiger partial charge < -0.3 is 4.90 Å². The number of aromatic nitrogens is 1. The van der Waals surface area contributed by atoms with E-state index in [4.69, 9.17) is 6.42 Å². The Kier molecular flexibility index (Phi) is 1.71. The second kappa shape index (κ2) is 2.86. The molecule has 0 aliphatic carbocycles. The molecule has 1 aromatic rings. The van der Waals surface area contributed by atoms with Gasteiger partial charge in [-0.25, -0.2) is 0 Å². The average molecular weight is 158 g/mol. The minimum Gasteiger partial charge on any atom is -0.370 e. The van der Waals surface area contributed by atoms with E-state index in [0.29, 0.717) is 0 Å². The minimum absolute atomic E-state index is 0.861. The molecule has 0 saturated carbocycles. The van der Waals surface area contributed by atoms with E-state index in [1.54, 1.807) is 6.20 Å². The SMILES string of the molecule is C#Cc1cncc(N2CCC2)c1. The lowest BCUT2D eigenvalue weighted by atomic mass is 10.2. The molecule has 2 nitrogen and oxygen atoms in total. The zero-order chi connectivity index (χ0) is 8.39. The van der Waals surface area contributed by atoms with E-state index in [0.717, 1.165) is 24.3 Å². The lowest BCUT2D eigenvalue weighted by Gasteiger charge is -2.32. The van der Waals surface area contributed by atoms with Gasteiger partial charge in [0.2, 0.25) is 0 Å². The second-order valence-electron chi connectivity index (χ2n) is 2.92. The number of hydrogen-bond donors (Lipinski definition) is 0. The van der Waals surface area contributed by atoms with Crippen LogP contribution in [0.1, 0.15) is 12.0 Å². The zero-order valence-corrected chi connectivity index (χ0v) is 6.83. The normalized spacial score (nSPS) is 15.1. The first kappa shape index (κ1) is 7.17. The topological polar surface area (TPSA) is 16.1 Å². The lowest BCUT2D eigenvalue weighted by Crippen LogP contribution is -2.37. The average Bonchev–Trinajstić information content (AvgIpc) is 2.02. The van der Waals surface area contributed by atoms with Gasteiger partial charge in [-0.15, -0.1) is 6.42 Å². The van der Waals surface area contributed by atoms with Crippen molar-refractivity contribution >= 4 is 5.69 Å². The second-order valence-corrected chi connectivity index (χ2v) is 2.92. The molecule has 1 aliphatic heterocycles. The molecule has 2 heteroatoms. The Hall–Kier alpha value is -1.49. The van der Waals surface area contributed by atoms with E-state index >= 15 is 0 Å². The standard InChI is InChI=1S/C10H10N2/c1-2-9-6-10(8-11-7-9)12-4-3-5-12/h1,6-8H,3-5H2. The zero-order valence-electron chi connectivity index (χ0n) is 6.83. The van der Waals surface area contributed by atoms with E-state index in [-0.39, 0.29) is 0 Å². The Morgan fingerprint density at radius 2 is 2.25 bits per heavy atom. The first-order chi connectivity index (χ1) is 5.90. The summed E-state index contributed by atoms with van der Waals surface area (Å²) in [6.07, 6.45) is 10.1. The molecule has 2 rings (SSSR count). The Labute approximate surface area is 72.2 Å². The Balaban J connectivity index is 2.27. The summed E-state index contributed by atoms with van der Waals surface area (Å²) in [6, 6.07) is 2.01. The van der Waals surface area contributed by atoms with Crippen LogP contribution in [-0.4, -0.2) is 18.1 Å². The summed E-state index contributed by atoms with van der Waals surface area (Å²) in [5.41, 5.74) is 2.01. The maximum Gasteiger partial charge on any atom is 0.0565 e. The first-order valence-electron chi connectivity index (χ1n) is 4.07. The number of nitrogens with zero attached hydrogens (tertiary/aromatic N) is 2. The van der Waals surface area contributed by atoms with Crippen LogP contribution < -0.4 is 4.90 Å². The van der Waals surface area contributed by atoms with Gasteiger partial charge in [-0.2, -0.15) is 0 Å². The predicted molar refractivity (Wildman–Crippen MR) is 49.0 cm³/mol. The quantitative estimate of drug-likeness (QED) is 0.572. The van der Waals surface area contributed by atoms with Crippen LogP contribution in [0, 0.1) is 12.3 Å². The molecule has 0 amide bonds. The van der Waals surface area contributed by atoms with E-state index in [1.807, 2.05) is 12.3 Å². The third kappa shape index (κ3) is 1.14. The molecule has 2 heterocycles. The molecule has 1 aromatic heterocycles. The van der Waals surface area contributed by atoms with Crippen molar-refractivity contribution in [2.75, 3.05) is 18.0 Å².